The zero-order valence-corrected chi connectivity index (χ0v) is 9.09. The van der Waals surface area contributed by atoms with Gasteiger partial charge < -0.3 is 10.2 Å². The predicted molar refractivity (Wildman–Crippen MR) is 54.1 cm³/mol. The first-order chi connectivity index (χ1) is 7.55. The summed E-state index contributed by atoms with van der Waals surface area (Å²) in [6, 6.07) is 0. The summed E-state index contributed by atoms with van der Waals surface area (Å²) in [7, 11) is 0. The lowest BCUT2D eigenvalue weighted by atomic mass is 9.80. The molecule has 1 aliphatic carbocycles. The minimum Gasteiger partial charge on any atom is -0.342 e. The number of carbonyl (C=O) groups excluding carboxylic acids is 1. The number of fused-ring (bicyclic) bond motifs is 1. The highest BCUT2D eigenvalue weighted by Gasteiger charge is 2.51. The number of likely N-dealkylation sites (tertiary alicyclic amines) is 1. The highest BCUT2D eigenvalue weighted by Crippen LogP contribution is 2.44. The normalized spacial score (nSPS) is 37.2. The molecule has 0 radical (unpaired) electrons. The molecular weight excluding hydrogens is 214 g/mol. The number of amides is 1. The summed E-state index contributed by atoms with van der Waals surface area (Å²) < 4.78 is 25.4. The summed E-state index contributed by atoms with van der Waals surface area (Å²) in [4.78, 5) is 13.7. The van der Waals surface area contributed by atoms with Crippen LogP contribution >= 0.6 is 0 Å². The zero-order valence-electron chi connectivity index (χ0n) is 9.09. The molecule has 2 unspecified atom stereocenters. The smallest absolute Gasteiger partial charge is 0.249 e. The minimum atomic E-state index is -2.59. The SMILES string of the molecule is O=C(C1CC(F)(F)C1)N1CC2CNCC2C1. The maximum atomic E-state index is 12.7. The van der Waals surface area contributed by atoms with Gasteiger partial charge in [-0.3, -0.25) is 4.79 Å². The van der Waals surface area contributed by atoms with E-state index in [0.29, 0.717) is 11.8 Å². The van der Waals surface area contributed by atoms with Crippen molar-refractivity contribution in [2.75, 3.05) is 26.2 Å². The van der Waals surface area contributed by atoms with E-state index in [0.717, 1.165) is 26.2 Å². The number of nitrogens with zero attached hydrogens (tertiary/aromatic N) is 1. The standard InChI is InChI=1S/C11H16F2N2O/c12-11(13)1-7(2-11)10(16)15-5-8-3-14-4-9(8)6-15/h7-9,14H,1-6H2. The summed E-state index contributed by atoms with van der Waals surface area (Å²) in [5.41, 5.74) is 0. The molecule has 3 nitrogen and oxygen atoms in total. The maximum absolute atomic E-state index is 12.7. The third-order valence-electron chi connectivity index (χ3n) is 4.14. The lowest BCUT2D eigenvalue weighted by Gasteiger charge is -2.36. The van der Waals surface area contributed by atoms with Gasteiger partial charge in [-0.15, -0.1) is 0 Å². The Bertz CT molecular complexity index is 301. The van der Waals surface area contributed by atoms with Crippen LogP contribution in [-0.2, 0) is 4.79 Å². The summed E-state index contributed by atoms with van der Waals surface area (Å²) >= 11 is 0. The Morgan fingerprint density at radius 3 is 2.25 bits per heavy atom. The maximum Gasteiger partial charge on any atom is 0.249 e. The number of carbonyl (C=O) groups is 1. The Morgan fingerprint density at radius 1 is 1.19 bits per heavy atom. The molecule has 1 amide bonds. The summed E-state index contributed by atoms with van der Waals surface area (Å²) in [6.45, 7) is 3.46. The Hall–Kier alpha value is -0.710. The molecule has 1 saturated carbocycles. The zero-order chi connectivity index (χ0) is 11.3. The molecule has 2 heterocycles. The molecule has 2 saturated heterocycles. The number of hydrogen-bond donors (Lipinski definition) is 1. The van der Waals surface area contributed by atoms with E-state index in [9.17, 15) is 13.6 Å². The number of halogens is 2. The molecule has 1 N–H and O–H groups in total. The molecule has 0 bridgehead atoms. The average Bonchev–Trinajstić information content (AvgIpc) is 2.71. The fourth-order valence-electron chi connectivity index (χ4n) is 3.13. The Balaban J connectivity index is 1.57. The van der Waals surface area contributed by atoms with Crippen molar-refractivity contribution in [3.63, 3.8) is 0 Å². The molecule has 3 rings (SSSR count). The minimum absolute atomic E-state index is 0.0414. The van der Waals surface area contributed by atoms with Gasteiger partial charge in [0.05, 0.1) is 0 Å². The second kappa shape index (κ2) is 3.39. The van der Waals surface area contributed by atoms with Gasteiger partial charge in [0.2, 0.25) is 11.8 Å². The van der Waals surface area contributed by atoms with Crippen molar-refractivity contribution in [2.24, 2.45) is 17.8 Å². The first-order valence-electron chi connectivity index (χ1n) is 5.92. The van der Waals surface area contributed by atoms with Crippen molar-refractivity contribution in [3.8, 4) is 0 Å². The molecular formula is C11H16F2N2O. The Kier molecular flexibility index (Phi) is 2.21. The summed E-state index contributed by atoms with van der Waals surface area (Å²) in [5.74, 6) is -1.95. The van der Waals surface area contributed by atoms with Crippen LogP contribution in [0.3, 0.4) is 0 Å². The molecule has 3 aliphatic rings. The Morgan fingerprint density at radius 2 is 1.75 bits per heavy atom. The van der Waals surface area contributed by atoms with Crippen LogP contribution in [0.15, 0.2) is 0 Å². The van der Waals surface area contributed by atoms with Crippen LogP contribution in [0.4, 0.5) is 8.78 Å². The molecule has 0 aromatic rings. The second-order valence-electron chi connectivity index (χ2n) is 5.38. The number of rotatable bonds is 1. The van der Waals surface area contributed by atoms with Gasteiger partial charge in [0.1, 0.15) is 0 Å². The predicted octanol–water partition coefficient (Wildman–Crippen LogP) is 0.710. The molecule has 3 fully saturated rings. The van der Waals surface area contributed by atoms with E-state index in [1.165, 1.54) is 0 Å². The topological polar surface area (TPSA) is 32.3 Å². The molecule has 16 heavy (non-hydrogen) atoms. The summed E-state index contributed by atoms with van der Waals surface area (Å²) in [5, 5.41) is 3.30. The number of alkyl halides is 2. The average molecular weight is 230 g/mol. The van der Waals surface area contributed by atoms with Gasteiger partial charge in [-0.2, -0.15) is 0 Å². The van der Waals surface area contributed by atoms with Gasteiger partial charge in [0.25, 0.3) is 0 Å². The van der Waals surface area contributed by atoms with Crippen molar-refractivity contribution >= 4 is 5.91 Å². The largest absolute Gasteiger partial charge is 0.342 e. The van der Waals surface area contributed by atoms with E-state index >= 15 is 0 Å². The molecule has 2 atom stereocenters. The van der Waals surface area contributed by atoms with Crippen LogP contribution < -0.4 is 5.32 Å². The summed E-state index contributed by atoms with van der Waals surface area (Å²) in [6.07, 6.45) is -0.480. The van der Waals surface area contributed by atoms with Crippen LogP contribution in [0.1, 0.15) is 12.8 Å². The highest BCUT2D eigenvalue weighted by molar-refractivity contribution is 5.80. The van der Waals surface area contributed by atoms with Gasteiger partial charge in [-0.25, -0.2) is 8.78 Å². The third-order valence-corrected chi connectivity index (χ3v) is 4.14. The van der Waals surface area contributed by atoms with Crippen molar-refractivity contribution in [1.29, 1.82) is 0 Å². The fourth-order valence-corrected chi connectivity index (χ4v) is 3.13. The molecule has 2 aliphatic heterocycles. The van der Waals surface area contributed by atoms with E-state index in [4.69, 9.17) is 0 Å². The van der Waals surface area contributed by atoms with Crippen LogP contribution in [0.25, 0.3) is 0 Å². The third kappa shape index (κ3) is 1.61. The van der Waals surface area contributed by atoms with Crippen molar-refractivity contribution in [3.05, 3.63) is 0 Å². The lowest BCUT2D eigenvalue weighted by molar-refractivity contribution is -0.159. The molecule has 5 heteroatoms. The lowest BCUT2D eigenvalue weighted by Crippen LogP contribution is -2.46. The van der Waals surface area contributed by atoms with Crippen molar-refractivity contribution in [1.82, 2.24) is 10.2 Å². The first kappa shape index (κ1) is 10.4. The van der Waals surface area contributed by atoms with Crippen molar-refractivity contribution < 1.29 is 13.6 Å². The quantitative estimate of drug-likeness (QED) is 0.719. The van der Waals surface area contributed by atoms with Crippen LogP contribution in [0, 0.1) is 17.8 Å². The van der Waals surface area contributed by atoms with Gasteiger partial charge in [-0.1, -0.05) is 0 Å². The molecule has 0 aromatic heterocycles. The van der Waals surface area contributed by atoms with Gasteiger partial charge >= 0.3 is 0 Å². The Labute approximate surface area is 93.2 Å². The highest BCUT2D eigenvalue weighted by atomic mass is 19.3. The number of hydrogen-bond acceptors (Lipinski definition) is 2. The van der Waals surface area contributed by atoms with Gasteiger partial charge in [0, 0.05) is 44.9 Å². The monoisotopic (exact) mass is 230 g/mol. The van der Waals surface area contributed by atoms with E-state index in [2.05, 4.69) is 5.32 Å². The molecule has 90 valence electrons. The first-order valence-corrected chi connectivity index (χ1v) is 5.92. The van der Waals surface area contributed by atoms with Crippen LogP contribution in [-0.4, -0.2) is 42.9 Å². The van der Waals surface area contributed by atoms with E-state index in [-0.39, 0.29) is 18.7 Å². The van der Waals surface area contributed by atoms with Crippen LogP contribution in [0.2, 0.25) is 0 Å². The fraction of sp³-hybridized carbons (Fsp3) is 0.909. The van der Waals surface area contributed by atoms with E-state index in [1.54, 1.807) is 4.90 Å². The van der Waals surface area contributed by atoms with Gasteiger partial charge in [0.15, 0.2) is 0 Å². The van der Waals surface area contributed by atoms with E-state index < -0.39 is 11.8 Å². The van der Waals surface area contributed by atoms with E-state index in [1.807, 2.05) is 0 Å². The molecule has 0 aromatic carbocycles. The van der Waals surface area contributed by atoms with Crippen molar-refractivity contribution in [2.45, 2.75) is 18.8 Å². The second-order valence-corrected chi connectivity index (χ2v) is 5.38. The van der Waals surface area contributed by atoms with Crippen LogP contribution in [0.5, 0.6) is 0 Å². The number of nitrogens with one attached hydrogen (secondary N) is 1. The molecule has 0 spiro atoms. The van der Waals surface area contributed by atoms with Gasteiger partial charge in [-0.05, 0) is 11.8 Å².